The number of methoxy groups -OCH3 is 2. The summed E-state index contributed by atoms with van der Waals surface area (Å²) >= 11 is 0. The van der Waals surface area contributed by atoms with E-state index in [-0.39, 0.29) is 12.2 Å². The fourth-order valence-corrected chi connectivity index (χ4v) is 1.48. The fraction of sp³-hybridized carbons (Fsp3) is 0.583. The van der Waals surface area contributed by atoms with E-state index in [9.17, 15) is 0 Å². The standard InChI is InChI=1S/C12H18O2/c1-10-6-4-7-11(13-2)8-5-9-12(10)14-3/h5-8,10-12H,9H2,1-3H3/t4?,10-,11+,12?/m1/s1. The summed E-state index contributed by atoms with van der Waals surface area (Å²) in [4.78, 5) is 0. The predicted molar refractivity (Wildman–Crippen MR) is 57.2 cm³/mol. The van der Waals surface area contributed by atoms with E-state index in [2.05, 4.69) is 18.7 Å². The molecule has 0 N–H and O–H groups in total. The molecule has 0 saturated carbocycles. The van der Waals surface area contributed by atoms with Crippen LogP contribution in [0.3, 0.4) is 0 Å². The molecule has 2 heteroatoms. The molecule has 0 spiro atoms. The molecule has 0 aliphatic heterocycles. The van der Waals surface area contributed by atoms with E-state index in [1.807, 2.05) is 18.2 Å². The van der Waals surface area contributed by atoms with Gasteiger partial charge in [-0.25, -0.2) is 0 Å². The molecule has 78 valence electrons. The molecule has 1 aliphatic rings. The van der Waals surface area contributed by atoms with E-state index in [1.165, 1.54) is 0 Å². The molecular weight excluding hydrogens is 176 g/mol. The molecule has 0 aromatic rings. The van der Waals surface area contributed by atoms with Gasteiger partial charge in [0.2, 0.25) is 0 Å². The molecule has 0 aromatic heterocycles. The van der Waals surface area contributed by atoms with Crippen LogP contribution in [0.2, 0.25) is 0 Å². The molecule has 0 aromatic carbocycles. The zero-order chi connectivity index (χ0) is 10.4. The van der Waals surface area contributed by atoms with Crippen molar-refractivity contribution in [2.45, 2.75) is 25.6 Å². The van der Waals surface area contributed by atoms with Crippen LogP contribution in [0.15, 0.2) is 30.0 Å². The lowest BCUT2D eigenvalue weighted by atomic mass is 10.0. The minimum Gasteiger partial charge on any atom is -0.381 e. The lowest BCUT2D eigenvalue weighted by molar-refractivity contribution is 0.0768. The van der Waals surface area contributed by atoms with E-state index in [0.29, 0.717) is 5.92 Å². The largest absolute Gasteiger partial charge is 0.381 e. The topological polar surface area (TPSA) is 18.5 Å². The van der Waals surface area contributed by atoms with Crippen LogP contribution in [0, 0.1) is 5.92 Å². The Morgan fingerprint density at radius 1 is 1.21 bits per heavy atom. The summed E-state index contributed by atoms with van der Waals surface area (Å²) in [5, 5.41) is 0. The average Bonchev–Trinajstić information content (AvgIpc) is 2.28. The highest BCUT2D eigenvalue weighted by molar-refractivity contribution is 5.06. The molecule has 1 aliphatic carbocycles. The van der Waals surface area contributed by atoms with Gasteiger partial charge in [0.25, 0.3) is 0 Å². The normalized spacial score (nSPS) is 32.4. The van der Waals surface area contributed by atoms with Crippen molar-refractivity contribution in [2.24, 2.45) is 5.92 Å². The number of hydrogen-bond donors (Lipinski definition) is 0. The SMILES string of the molecule is COC1CC=C[C@@H](OC)C=C=C[C@H]1C. The third-order valence-corrected chi connectivity index (χ3v) is 2.48. The Kier molecular flexibility index (Phi) is 4.68. The molecule has 3 atom stereocenters. The summed E-state index contributed by atoms with van der Waals surface area (Å²) in [6.45, 7) is 2.13. The van der Waals surface area contributed by atoms with Gasteiger partial charge >= 0.3 is 0 Å². The fourth-order valence-electron chi connectivity index (χ4n) is 1.48. The third-order valence-electron chi connectivity index (χ3n) is 2.48. The van der Waals surface area contributed by atoms with Crippen LogP contribution in [0.25, 0.3) is 0 Å². The van der Waals surface area contributed by atoms with Crippen LogP contribution in [0.4, 0.5) is 0 Å². The quantitative estimate of drug-likeness (QED) is 0.496. The third kappa shape index (κ3) is 3.15. The Balaban J connectivity index is 2.77. The Hall–Kier alpha value is -0.820. The molecular formula is C12H18O2. The van der Waals surface area contributed by atoms with Gasteiger partial charge in [0.1, 0.15) is 6.10 Å². The average molecular weight is 194 g/mol. The molecule has 1 unspecified atom stereocenters. The van der Waals surface area contributed by atoms with Crippen molar-refractivity contribution >= 4 is 0 Å². The van der Waals surface area contributed by atoms with Gasteiger partial charge < -0.3 is 9.47 Å². The van der Waals surface area contributed by atoms with Gasteiger partial charge in [-0.1, -0.05) is 19.1 Å². The molecule has 0 saturated heterocycles. The zero-order valence-electron chi connectivity index (χ0n) is 9.07. The maximum atomic E-state index is 5.39. The van der Waals surface area contributed by atoms with Gasteiger partial charge in [-0.15, -0.1) is 5.73 Å². The maximum Gasteiger partial charge on any atom is 0.101 e. The molecule has 1 rings (SSSR count). The van der Waals surface area contributed by atoms with Gasteiger partial charge in [0.15, 0.2) is 0 Å². The van der Waals surface area contributed by atoms with Crippen molar-refractivity contribution in [3.8, 4) is 0 Å². The highest BCUT2D eigenvalue weighted by Crippen LogP contribution is 2.14. The minimum atomic E-state index is 0.0362. The van der Waals surface area contributed by atoms with Crippen molar-refractivity contribution < 1.29 is 9.47 Å². The molecule has 0 heterocycles. The smallest absolute Gasteiger partial charge is 0.101 e. The highest BCUT2D eigenvalue weighted by Gasteiger charge is 2.13. The summed E-state index contributed by atoms with van der Waals surface area (Å²) in [5.41, 5.74) is 3.14. The molecule has 0 bridgehead atoms. The van der Waals surface area contributed by atoms with Crippen molar-refractivity contribution in [1.82, 2.24) is 0 Å². The number of rotatable bonds is 2. The monoisotopic (exact) mass is 194 g/mol. The van der Waals surface area contributed by atoms with Crippen LogP contribution in [-0.4, -0.2) is 26.4 Å². The molecule has 0 fully saturated rings. The summed E-state index contributed by atoms with van der Waals surface area (Å²) < 4.78 is 10.6. The molecule has 0 amide bonds. The zero-order valence-corrected chi connectivity index (χ0v) is 9.07. The highest BCUT2D eigenvalue weighted by atomic mass is 16.5. The van der Waals surface area contributed by atoms with Gasteiger partial charge in [-0.3, -0.25) is 0 Å². The van der Waals surface area contributed by atoms with Crippen LogP contribution in [0.1, 0.15) is 13.3 Å². The van der Waals surface area contributed by atoms with Gasteiger partial charge in [-0.2, -0.15) is 0 Å². The van der Waals surface area contributed by atoms with E-state index >= 15 is 0 Å². The van der Waals surface area contributed by atoms with Gasteiger partial charge in [0.05, 0.1) is 6.10 Å². The second kappa shape index (κ2) is 5.82. The van der Waals surface area contributed by atoms with Crippen molar-refractivity contribution in [1.29, 1.82) is 0 Å². The van der Waals surface area contributed by atoms with Crippen LogP contribution < -0.4 is 0 Å². The van der Waals surface area contributed by atoms with E-state index in [0.717, 1.165) is 6.42 Å². The van der Waals surface area contributed by atoms with Gasteiger partial charge in [-0.05, 0) is 18.6 Å². The first kappa shape index (κ1) is 11.3. The van der Waals surface area contributed by atoms with Crippen LogP contribution in [0.5, 0.6) is 0 Å². The van der Waals surface area contributed by atoms with Crippen LogP contribution in [-0.2, 0) is 9.47 Å². The molecule has 0 radical (unpaired) electrons. The van der Waals surface area contributed by atoms with E-state index in [1.54, 1.807) is 14.2 Å². The summed E-state index contributed by atoms with van der Waals surface area (Å²) in [6, 6.07) is 0. The Morgan fingerprint density at radius 2 is 2.00 bits per heavy atom. The van der Waals surface area contributed by atoms with E-state index in [4.69, 9.17) is 9.47 Å². The summed E-state index contributed by atoms with van der Waals surface area (Å²) in [7, 11) is 3.45. The van der Waals surface area contributed by atoms with Crippen molar-refractivity contribution in [3.05, 3.63) is 30.0 Å². The second-order valence-corrected chi connectivity index (χ2v) is 3.50. The summed E-state index contributed by atoms with van der Waals surface area (Å²) in [5.74, 6) is 0.386. The first-order valence-electron chi connectivity index (χ1n) is 4.93. The minimum absolute atomic E-state index is 0.0362. The van der Waals surface area contributed by atoms with E-state index < -0.39 is 0 Å². The summed E-state index contributed by atoms with van der Waals surface area (Å²) in [6.07, 6.45) is 9.29. The maximum absolute atomic E-state index is 5.39. The van der Waals surface area contributed by atoms with Crippen LogP contribution >= 0.6 is 0 Å². The first-order valence-corrected chi connectivity index (χ1v) is 4.93. The lowest BCUT2D eigenvalue weighted by Gasteiger charge is -2.17. The Labute approximate surface area is 85.9 Å². The number of ether oxygens (including phenoxy) is 2. The lowest BCUT2D eigenvalue weighted by Crippen LogP contribution is -2.17. The first-order chi connectivity index (χ1) is 6.77. The predicted octanol–water partition coefficient (Wildman–Crippen LogP) is 2.32. The Morgan fingerprint density at radius 3 is 2.64 bits per heavy atom. The van der Waals surface area contributed by atoms with Crippen molar-refractivity contribution in [2.75, 3.05) is 14.2 Å². The van der Waals surface area contributed by atoms with Crippen molar-refractivity contribution in [3.63, 3.8) is 0 Å². The second-order valence-electron chi connectivity index (χ2n) is 3.50. The molecule has 14 heavy (non-hydrogen) atoms. The number of hydrogen-bond acceptors (Lipinski definition) is 2. The van der Waals surface area contributed by atoms with Gasteiger partial charge in [0, 0.05) is 20.1 Å². The molecule has 2 nitrogen and oxygen atoms in total. The Bertz CT molecular complexity index is 249.